The molecule has 0 spiro atoms. The Balaban J connectivity index is 2.28. The van der Waals surface area contributed by atoms with Crippen LogP contribution in [0, 0.1) is 17.8 Å². The first-order valence-electron chi connectivity index (χ1n) is 6.88. The van der Waals surface area contributed by atoms with Gasteiger partial charge in [-0.3, -0.25) is 0 Å². The molecule has 1 aliphatic carbocycles. The maximum Gasteiger partial charge on any atom is 0.0907 e. The molecule has 2 heteroatoms. The Bertz CT molecular complexity index is 403. The highest BCUT2D eigenvalue weighted by Crippen LogP contribution is 2.44. The van der Waals surface area contributed by atoms with Crippen LogP contribution in [0.4, 0.5) is 0 Å². The van der Waals surface area contributed by atoms with Gasteiger partial charge in [0.2, 0.25) is 0 Å². The van der Waals surface area contributed by atoms with Crippen molar-refractivity contribution in [3.05, 3.63) is 34.3 Å². The molecule has 100 valence electrons. The van der Waals surface area contributed by atoms with Gasteiger partial charge in [-0.15, -0.1) is 0 Å². The molecule has 1 nitrogen and oxygen atoms in total. The van der Waals surface area contributed by atoms with Gasteiger partial charge in [0, 0.05) is 4.47 Å². The average molecular weight is 311 g/mol. The lowest BCUT2D eigenvalue weighted by molar-refractivity contribution is -0.0392. The molecule has 0 bridgehead atoms. The summed E-state index contributed by atoms with van der Waals surface area (Å²) in [6.07, 6.45) is 3.54. The molecule has 1 saturated carbocycles. The number of aliphatic hydroxyl groups is 1. The molecule has 1 aliphatic rings. The third-order valence-corrected chi connectivity index (χ3v) is 5.08. The van der Waals surface area contributed by atoms with Gasteiger partial charge < -0.3 is 5.11 Å². The summed E-state index contributed by atoms with van der Waals surface area (Å²) in [5.41, 5.74) is 0.291. The number of benzene rings is 1. The summed E-state index contributed by atoms with van der Waals surface area (Å²) in [6, 6.07) is 8.05. The zero-order valence-corrected chi connectivity index (χ0v) is 13.1. The number of hydrogen-bond donors (Lipinski definition) is 1. The molecule has 0 saturated heterocycles. The highest BCUT2D eigenvalue weighted by Gasteiger charge is 2.39. The van der Waals surface area contributed by atoms with Gasteiger partial charge in [-0.25, -0.2) is 0 Å². The highest BCUT2D eigenvalue weighted by molar-refractivity contribution is 9.10. The third kappa shape index (κ3) is 2.80. The molecule has 3 atom stereocenters. The summed E-state index contributed by atoms with van der Waals surface area (Å²) in [6.45, 7) is 6.58. The zero-order valence-electron chi connectivity index (χ0n) is 11.5. The summed E-state index contributed by atoms with van der Waals surface area (Å²) in [5.74, 6) is 1.79. The van der Waals surface area contributed by atoms with E-state index in [0.29, 0.717) is 17.8 Å². The molecule has 0 radical (unpaired) electrons. The maximum atomic E-state index is 11.0. The van der Waals surface area contributed by atoms with Crippen LogP contribution in [0.5, 0.6) is 0 Å². The maximum absolute atomic E-state index is 11.0. The van der Waals surface area contributed by atoms with Crippen molar-refractivity contribution in [3.63, 3.8) is 0 Å². The first kappa shape index (κ1) is 14.1. The SMILES string of the molecule is CC1CC(C)CC(C(C)(O)c2ccccc2Br)C1. The van der Waals surface area contributed by atoms with Gasteiger partial charge in [-0.1, -0.05) is 48.0 Å². The van der Waals surface area contributed by atoms with E-state index in [1.54, 1.807) is 0 Å². The van der Waals surface area contributed by atoms with E-state index in [9.17, 15) is 5.11 Å². The molecule has 0 heterocycles. The Morgan fingerprint density at radius 3 is 2.22 bits per heavy atom. The van der Waals surface area contributed by atoms with Crippen LogP contribution in [0.1, 0.15) is 45.6 Å². The molecular weight excluding hydrogens is 288 g/mol. The van der Waals surface area contributed by atoms with Crippen molar-refractivity contribution >= 4 is 15.9 Å². The zero-order chi connectivity index (χ0) is 13.3. The quantitative estimate of drug-likeness (QED) is 0.837. The summed E-state index contributed by atoms with van der Waals surface area (Å²) in [4.78, 5) is 0. The highest BCUT2D eigenvalue weighted by atomic mass is 79.9. The van der Waals surface area contributed by atoms with Gasteiger partial charge in [-0.05, 0) is 55.6 Å². The normalized spacial score (nSPS) is 31.9. The van der Waals surface area contributed by atoms with E-state index in [1.165, 1.54) is 6.42 Å². The summed E-state index contributed by atoms with van der Waals surface area (Å²) in [7, 11) is 0. The predicted molar refractivity (Wildman–Crippen MR) is 79.4 cm³/mol. The fraction of sp³-hybridized carbons (Fsp3) is 0.625. The second-order valence-electron chi connectivity index (χ2n) is 6.24. The van der Waals surface area contributed by atoms with Gasteiger partial charge in [0.05, 0.1) is 5.60 Å². The van der Waals surface area contributed by atoms with Crippen LogP contribution in [-0.4, -0.2) is 5.11 Å². The number of rotatable bonds is 2. The molecule has 18 heavy (non-hydrogen) atoms. The van der Waals surface area contributed by atoms with Crippen LogP contribution in [0.3, 0.4) is 0 Å². The minimum atomic E-state index is -0.733. The minimum Gasteiger partial charge on any atom is -0.385 e. The van der Waals surface area contributed by atoms with E-state index in [4.69, 9.17) is 0 Å². The van der Waals surface area contributed by atoms with Crippen molar-refractivity contribution in [2.45, 2.75) is 45.6 Å². The summed E-state index contributed by atoms with van der Waals surface area (Å²) in [5, 5.41) is 11.0. The van der Waals surface area contributed by atoms with Gasteiger partial charge >= 0.3 is 0 Å². The van der Waals surface area contributed by atoms with Crippen molar-refractivity contribution < 1.29 is 5.11 Å². The van der Waals surface area contributed by atoms with Crippen molar-refractivity contribution in [2.24, 2.45) is 17.8 Å². The van der Waals surface area contributed by atoms with Crippen molar-refractivity contribution in [2.75, 3.05) is 0 Å². The van der Waals surface area contributed by atoms with Crippen molar-refractivity contribution in [1.82, 2.24) is 0 Å². The van der Waals surface area contributed by atoms with E-state index in [1.807, 2.05) is 31.2 Å². The molecule has 3 unspecified atom stereocenters. The summed E-state index contributed by atoms with van der Waals surface area (Å²) >= 11 is 3.57. The average Bonchev–Trinajstić information content (AvgIpc) is 2.28. The lowest BCUT2D eigenvalue weighted by Crippen LogP contribution is -2.37. The van der Waals surface area contributed by atoms with E-state index in [-0.39, 0.29) is 0 Å². The largest absolute Gasteiger partial charge is 0.385 e. The minimum absolute atomic E-state index is 0.356. The van der Waals surface area contributed by atoms with Gasteiger partial charge in [0.25, 0.3) is 0 Å². The van der Waals surface area contributed by atoms with Crippen LogP contribution >= 0.6 is 15.9 Å². The first-order valence-corrected chi connectivity index (χ1v) is 7.68. The first-order chi connectivity index (χ1) is 8.41. The Labute approximate surface area is 119 Å². The van der Waals surface area contributed by atoms with Crippen molar-refractivity contribution in [1.29, 1.82) is 0 Å². The van der Waals surface area contributed by atoms with E-state index < -0.39 is 5.60 Å². The van der Waals surface area contributed by atoms with Gasteiger partial charge in [-0.2, -0.15) is 0 Å². The second-order valence-corrected chi connectivity index (χ2v) is 7.10. The Morgan fingerprint density at radius 1 is 1.11 bits per heavy atom. The monoisotopic (exact) mass is 310 g/mol. The Kier molecular flexibility index (Phi) is 4.18. The molecule has 0 amide bonds. The topological polar surface area (TPSA) is 20.2 Å². The van der Waals surface area contributed by atoms with Crippen LogP contribution in [0.15, 0.2) is 28.7 Å². The fourth-order valence-corrected chi connectivity index (χ4v) is 4.18. The Morgan fingerprint density at radius 2 is 1.67 bits per heavy atom. The molecule has 1 fully saturated rings. The predicted octanol–water partition coefficient (Wildman–Crippen LogP) is 4.73. The lowest BCUT2D eigenvalue weighted by atomic mass is 9.68. The molecular formula is C16H23BrO. The van der Waals surface area contributed by atoms with Crippen LogP contribution in [-0.2, 0) is 5.60 Å². The third-order valence-electron chi connectivity index (χ3n) is 4.39. The molecule has 1 aromatic rings. The molecule has 1 N–H and O–H groups in total. The number of hydrogen-bond acceptors (Lipinski definition) is 1. The molecule has 0 aliphatic heterocycles. The second kappa shape index (κ2) is 5.34. The van der Waals surface area contributed by atoms with E-state index >= 15 is 0 Å². The van der Waals surface area contributed by atoms with Crippen molar-refractivity contribution in [3.8, 4) is 0 Å². The van der Waals surface area contributed by atoms with Crippen LogP contribution in [0.25, 0.3) is 0 Å². The molecule has 2 rings (SSSR count). The standard InChI is InChI=1S/C16H23BrO/c1-11-8-12(2)10-13(9-11)16(3,18)14-6-4-5-7-15(14)17/h4-7,11-13,18H,8-10H2,1-3H3. The number of halogens is 1. The van der Waals surface area contributed by atoms with Crippen LogP contribution in [0.2, 0.25) is 0 Å². The fourth-order valence-electron chi connectivity index (χ4n) is 3.50. The lowest BCUT2D eigenvalue weighted by Gasteiger charge is -2.41. The Hall–Kier alpha value is -0.340. The van der Waals surface area contributed by atoms with Crippen LogP contribution < -0.4 is 0 Å². The smallest absolute Gasteiger partial charge is 0.0907 e. The van der Waals surface area contributed by atoms with E-state index in [2.05, 4.69) is 29.8 Å². The molecule has 1 aromatic carbocycles. The summed E-state index contributed by atoms with van der Waals surface area (Å²) < 4.78 is 1.01. The molecule has 0 aromatic heterocycles. The van der Waals surface area contributed by atoms with Gasteiger partial charge in [0.1, 0.15) is 0 Å². The van der Waals surface area contributed by atoms with Gasteiger partial charge in [0.15, 0.2) is 0 Å². The van der Waals surface area contributed by atoms with E-state index in [0.717, 1.165) is 22.9 Å².